The van der Waals surface area contributed by atoms with E-state index in [-0.39, 0.29) is 35.1 Å². The summed E-state index contributed by atoms with van der Waals surface area (Å²) in [6, 6.07) is 18.1. The van der Waals surface area contributed by atoms with Crippen LogP contribution in [-0.2, 0) is 38.6 Å². The first-order chi connectivity index (χ1) is 16.1. The van der Waals surface area contributed by atoms with Crippen LogP contribution in [0.25, 0.3) is 11.1 Å². The van der Waals surface area contributed by atoms with Gasteiger partial charge < -0.3 is 4.74 Å². The van der Waals surface area contributed by atoms with Gasteiger partial charge in [0.25, 0.3) is 0 Å². The van der Waals surface area contributed by atoms with Gasteiger partial charge >= 0.3 is 6.18 Å². The van der Waals surface area contributed by atoms with E-state index in [0.29, 0.717) is 24.3 Å². The lowest BCUT2D eigenvalue weighted by molar-refractivity contribution is -0.137. The standard InChI is InChI=1S/C25H22F3NO4S/c26-25(27,28)20-8-4-5-17(11-20)12-22(30)13-19-14-23(34(31,32)29-21-15-33-16-21)9-10-24(19)18-6-2-1-3-7-18/h1-11,14,21,29H,12-13,15-16H2. The lowest BCUT2D eigenvalue weighted by Gasteiger charge is -2.26. The highest BCUT2D eigenvalue weighted by Gasteiger charge is 2.30. The molecule has 4 rings (SSSR count). The van der Waals surface area contributed by atoms with E-state index >= 15 is 0 Å². The van der Waals surface area contributed by atoms with Crippen molar-refractivity contribution in [3.63, 3.8) is 0 Å². The minimum atomic E-state index is -4.50. The number of alkyl halides is 3. The molecule has 5 nitrogen and oxygen atoms in total. The highest BCUT2D eigenvalue weighted by atomic mass is 32.2. The van der Waals surface area contributed by atoms with Crippen LogP contribution in [0.4, 0.5) is 13.2 Å². The van der Waals surface area contributed by atoms with Crippen molar-refractivity contribution in [3.05, 3.63) is 89.5 Å². The first kappa shape index (κ1) is 24.1. The van der Waals surface area contributed by atoms with E-state index in [9.17, 15) is 26.4 Å². The van der Waals surface area contributed by atoms with Crippen LogP contribution in [0, 0.1) is 0 Å². The van der Waals surface area contributed by atoms with Crippen LogP contribution in [-0.4, -0.2) is 33.5 Å². The highest BCUT2D eigenvalue weighted by Crippen LogP contribution is 2.30. The number of Topliss-reactive ketones (excluding diaryl/α,β-unsaturated/α-hetero) is 1. The van der Waals surface area contributed by atoms with Crippen molar-refractivity contribution in [2.45, 2.75) is 30.0 Å². The summed E-state index contributed by atoms with van der Waals surface area (Å²) in [6.45, 7) is 0.591. The minimum absolute atomic E-state index is 0.0148. The normalized spacial score (nSPS) is 14.6. The Bertz CT molecular complexity index is 1290. The van der Waals surface area contributed by atoms with Gasteiger partial charge in [-0.3, -0.25) is 4.79 Å². The van der Waals surface area contributed by atoms with Crippen LogP contribution in [0.3, 0.4) is 0 Å². The predicted molar refractivity (Wildman–Crippen MR) is 121 cm³/mol. The van der Waals surface area contributed by atoms with E-state index < -0.39 is 21.8 Å². The summed E-state index contributed by atoms with van der Waals surface area (Å²) in [5.41, 5.74) is 1.40. The Morgan fingerprint density at radius 2 is 1.68 bits per heavy atom. The number of nitrogens with one attached hydrogen (secondary N) is 1. The average molecular weight is 490 g/mol. The number of halogens is 3. The van der Waals surface area contributed by atoms with Gasteiger partial charge in [-0.1, -0.05) is 54.6 Å². The van der Waals surface area contributed by atoms with Crippen LogP contribution >= 0.6 is 0 Å². The molecule has 0 radical (unpaired) electrons. The number of ether oxygens (including phenoxy) is 1. The summed E-state index contributed by atoms with van der Waals surface area (Å²) in [7, 11) is -3.82. The second-order valence-electron chi connectivity index (χ2n) is 8.13. The summed E-state index contributed by atoms with van der Waals surface area (Å²) < 4.78 is 72.2. The second kappa shape index (κ2) is 9.69. The van der Waals surface area contributed by atoms with Gasteiger partial charge in [-0.15, -0.1) is 0 Å². The van der Waals surface area contributed by atoms with Crippen molar-refractivity contribution in [1.82, 2.24) is 4.72 Å². The number of benzene rings is 3. The third kappa shape index (κ3) is 5.72. The third-order valence-electron chi connectivity index (χ3n) is 5.47. The zero-order chi connectivity index (χ0) is 24.3. The fourth-order valence-electron chi connectivity index (χ4n) is 3.73. The highest BCUT2D eigenvalue weighted by molar-refractivity contribution is 7.89. The molecule has 0 amide bonds. The Kier molecular flexibility index (Phi) is 6.88. The Balaban J connectivity index is 1.62. The lowest BCUT2D eigenvalue weighted by atomic mass is 9.94. The Morgan fingerprint density at radius 3 is 2.32 bits per heavy atom. The number of carbonyl (C=O) groups is 1. The molecule has 0 atom stereocenters. The topological polar surface area (TPSA) is 72.5 Å². The van der Waals surface area contributed by atoms with E-state index in [1.165, 1.54) is 24.3 Å². The van der Waals surface area contributed by atoms with Gasteiger partial charge in [0.2, 0.25) is 10.0 Å². The SMILES string of the molecule is O=C(Cc1cccc(C(F)(F)F)c1)Cc1cc(S(=O)(=O)NC2COC2)ccc1-c1ccccc1. The summed E-state index contributed by atoms with van der Waals surface area (Å²) >= 11 is 0. The van der Waals surface area contributed by atoms with E-state index in [4.69, 9.17) is 4.74 Å². The van der Waals surface area contributed by atoms with Crippen molar-refractivity contribution < 1.29 is 31.1 Å². The molecule has 3 aromatic carbocycles. The van der Waals surface area contributed by atoms with Crippen molar-refractivity contribution in [1.29, 1.82) is 0 Å². The summed E-state index contributed by atoms with van der Waals surface area (Å²) in [6.07, 6.45) is -4.83. The molecule has 1 saturated heterocycles. The monoisotopic (exact) mass is 489 g/mol. The van der Waals surface area contributed by atoms with Crippen LogP contribution in [0.5, 0.6) is 0 Å². The van der Waals surface area contributed by atoms with E-state index in [0.717, 1.165) is 17.7 Å². The van der Waals surface area contributed by atoms with Crippen molar-refractivity contribution in [2.24, 2.45) is 0 Å². The maximum Gasteiger partial charge on any atom is 0.416 e. The van der Waals surface area contributed by atoms with Gasteiger partial charge in [0.05, 0.1) is 29.7 Å². The van der Waals surface area contributed by atoms with Crippen molar-refractivity contribution in [3.8, 4) is 11.1 Å². The molecule has 1 N–H and O–H groups in total. The van der Waals surface area contributed by atoms with Gasteiger partial charge in [-0.05, 0) is 40.5 Å². The molecule has 0 spiro atoms. The number of hydrogen-bond donors (Lipinski definition) is 1. The summed E-state index contributed by atoms with van der Waals surface area (Å²) in [5, 5.41) is 0. The Morgan fingerprint density at radius 1 is 0.941 bits per heavy atom. The van der Waals surface area contributed by atoms with Crippen LogP contribution in [0.2, 0.25) is 0 Å². The van der Waals surface area contributed by atoms with E-state index in [1.54, 1.807) is 6.07 Å². The van der Waals surface area contributed by atoms with Gasteiger partial charge in [-0.2, -0.15) is 13.2 Å². The fraction of sp³-hybridized carbons (Fsp3) is 0.240. The minimum Gasteiger partial charge on any atom is -0.378 e. The molecule has 3 aromatic rings. The average Bonchev–Trinajstić information content (AvgIpc) is 2.76. The molecule has 0 bridgehead atoms. The number of sulfonamides is 1. The predicted octanol–water partition coefficient (Wildman–Crippen LogP) is 4.40. The Labute approximate surface area is 195 Å². The maximum absolute atomic E-state index is 13.0. The third-order valence-corrected chi connectivity index (χ3v) is 6.99. The zero-order valence-electron chi connectivity index (χ0n) is 18.0. The summed E-state index contributed by atoms with van der Waals surface area (Å²) in [5.74, 6) is -0.327. The molecule has 9 heteroatoms. The second-order valence-corrected chi connectivity index (χ2v) is 9.84. The molecule has 1 heterocycles. The first-order valence-electron chi connectivity index (χ1n) is 10.6. The molecule has 0 saturated carbocycles. The van der Waals surface area contributed by atoms with Gasteiger partial charge in [-0.25, -0.2) is 13.1 Å². The smallest absolute Gasteiger partial charge is 0.378 e. The van der Waals surface area contributed by atoms with Crippen LogP contribution in [0.15, 0.2) is 77.7 Å². The number of hydrogen-bond acceptors (Lipinski definition) is 4. The summed E-state index contributed by atoms with van der Waals surface area (Å²) in [4.78, 5) is 12.9. The van der Waals surface area contributed by atoms with Gasteiger partial charge in [0, 0.05) is 12.8 Å². The van der Waals surface area contributed by atoms with Crippen LogP contribution in [0.1, 0.15) is 16.7 Å². The molecule has 1 aliphatic rings. The molecule has 0 unspecified atom stereocenters. The molecule has 1 fully saturated rings. The molecule has 1 aliphatic heterocycles. The quantitative estimate of drug-likeness (QED) is 0.509. The molecule has 0 aromatic heterocycles. The van der Waals surface area contributed by atoms with Crippen molar-refractivity contribution >= 4 is 15.8 Å². The van der Waals surface area contributed by atoms with Crippen molar-refractivity contribution in [2.75, 3.05) is 13.2 Å². The molecule has 0 aliphatic carbocycles. The Hall–Kier alpha value is -3.01. The molecular weight excluding hydrogens is 467 g/mol. The zero-order valence-corrected chi connectivity index (χ0v) is 18.8. The number of carbonyl (C=O) groups excluding carboxylic acids is 1. The maximum atomic E-state index is 13.0. The molecular formula is C25H22F3NO4S. The van der Waals surface area contributed by atoms with Gasteiger partial charge in [0.15, 0.2) is 0 Å². The van der Waals surface area contributed by atoms with Crippen LogP contribution < -0.4 is 4.72 Å². The molecule has 178 valence electrons. The number of rotatable bonds is 8. The van der Waals surface area contributed by atoms with Gasteiger partial charge in [0.1, 0.15) is 5.78 Å². The first-order valence-corrected chi connectivity index (χ1v) is 12.1. The fourth-order valence-corrected chi connectivity index (χ4v) is 4.99. The van der Waals surface area contributed by atoms with E-state index in [2.05, 4.69) is 4.72 Å². The van der Waals surface area contributed by atoms with E-state index in [1.807, 2.05) is 30.3 Å². The number of ketones is 1. The lowest BCUT2D eigenvalue weighted by Crippen LogP contribution is -2.48. The largest absolute Gasteiger partial charge is 0.416 e. The molecule has 34 heavy (non-hydrogen) atoms.